The van der Waals surface area contributed by atoms with Crippen LogP contribution < -0.4 is 15.2 Å². The summed E-state index contributed by atoms with van der Waals surface area (Å²) in [6.45, 7) is 0.569. The van der Waals surface area contributed by atoms with Crippen LogP contribution in [0.15, 0.2) is 42.5 Å². The van der Waals surface area contributed by atoms with Crippen molar-refractivity contribution in [2.45, 2.75) is 13.0 Å². The summed E-state index contributed by atoms with van der Waals surface area (Å²) in [4.78, 5) is 0. The van der Waals surface area contributed by atoms with E-state index in [9.17, 15) is 0 Å². The molecule has 0 radical (unpaired) electrons. The Labute approximate surface area is 114 Å². The average molecular weight is 257 g/mol. The van der Waals surface area contributed by atoms with E-state index in [1.165, 1.54) is 11.1 Å². The highest BCUT2D eigenvalue weighted by molar-refractivity contribution is 5.44. The molecule has 0 amide bonds. The van der Waals surface area contributed by atoms with Gasteiger partial charge in [0, 0.05) is 6.54 Å². The van der Waals surface area contributed by atoms with Gasteiger partial charge >= 0.3 is 0 Å². The van der Waals surface area contributed by atoms with Crippen molar-refractivity contribution in [1.82, 2.24) is 0 Å². The number of hydrogen-bond donors (Lipinski definition) is 1. The summed E-state index contributed by atoms with van der Waals surface area (Å²) in [7, 11) is 3.29. The highest BCUT2D eigenvalue weighted by atomic mass is 16.5. The van der Waals surface area contributed by atoms with E-state index >= 15 is 0 Å². The normalized spacial score (nSPS) is 10.3. The third-order valence-electron chi connectivity index (χ3n) is 3.08. The van der Waals surface area contributed by atoms with Gasteiger partial charge in [0.05, 0.1) is 14.2 Å². The van der Waals surface area contributed by atoms with Crippen LogP contribution in [0.5, 0.6) is 11.5 Å². The van der Waals surface area contributed by atoms with Gasteiger partial charge in [-0.3, -0.25) is 0 Å². The zero-order chi connectivity index (χ0) is 13.7. The van der Waals surface area contributed by atoms with Crippen LogP contribution in [-0.4, -0.2) is 14.2 Å². The van der Waals surface area contributed by atoms with E-state index in [-0.39, 0.29) is 0 Å². The van der Waals surface area contributed by atoms with Gasteiger partial charge in [0.1, 0.15) is 0 Å². The largest absolute Gasteiger partial charge is 0.493 e. The summed E-state index contributed by atoms with van der Waals surface area (Å²) in [6, 6.07) is 14.3. The van der Waals surface area contributed by atoms with Crippen molar-refractivity contribution in [2.24, 2.45) is 5.73 Å². The average Bonchev–Trinajstić information content (AvgIpc) is 2.47. The number of rotatable bonds is 5. The molecule has 2 rings (SSSR count). The van der Waals surface area contributed by atoms with E-state index in [0.717, 1.165) is 23.5 Å². The van der Waals surface area contributed by atoms with Gasteiger partial charge in [-0.1, -0.05) is 30.3 Å². The van der Waals surface area contributed by atoms with Gasteiger partial charge in [0.2, 0.25) is 0 Å². The third kappa shape index (κ3) is 3.26. The Bertz CT molecular complexity index is 552. The molecule has 3 heteroatoms. The first-order chi connectivity index (χ1) is 9.26. The van der Waals surface area contributed by atoms with Gasteiger partial charge in [-0.05, 0) is 35.2 Å². The maximum Gasteiger partial charge on any atom is 0.160 e. The van der Waals surface area contributed by atoms with Gasteiger partial charge in [-0.25, -0.2) is 0 Å². The molecule has 0 spiro atoms. The first-order valence-corrected chi connectivity index (χ1v) is 6.25. The summed E-state index contributed by atoms with van der Waals surface area (Å²) in [5.74, 6) is 1.51. The van der Waals surface area contributed by atoms with Gasteiger partial charge in [0.25, 0.3) is 0 Å². The van der Waals surface area contributed by atoms with Crippen LogP contribution in [0.2, 0.25) is 0 Å². The topological polar surface area (TPSA) is 44.5 Å². The van der Waals surface area contributed by atoms with Crippen molar-refractivity contribution >= 4 is 0 Å². The van der Waals surface area contributed by atoms with Crippen molar-refractivity contribution < 1.29 is 9.47 Å². The van der Waals surface area contributed by atoms with E-state index in [1.807, 2.05) is 24.3 Å². The van der Waals surface area contributed by atoms with E-state index < -0.39 is 0 Å². The SMILES string of the molecule is COc1ccc(Cc2cccc(CN)c2)cc1OC. The van der Waals surface area contributed by atoms with E-state index in [1.54, 1.807) is 14.2 Å². The van der Waals surface area contributed by atoms with E-state index in [4.69, 9.17) is 15.2 Å². The maximum atomic E-state index is 5.66. The van der Waals surface area contributed by atoms with Crippen LogP contribution >= 0.6 is 0 Å². The lowest BCUT2D eigenvalue weighted by molar-refractivity contribution is 0.354. The number of nitrogens with two attached hydrogens (primary N) is 1. The van der Waals surface area contributed by atoms with Crippen LogP contribution in [0.1, 0.15) is 16.7 Å². The quantitative estimate of drug-likeness (QED) is 0.895. The molecular weight excluding hydrogens is 238 g/mol. The van der Waals surface area contributed by atoms with Crippen LogP contribution in [0.3, 0.4) is 0 Å². The number of benzene rings is 2. The lowest BCUT2D eigenvalue weighted by Crippen LogP contribution is -1.98. The minimum atomic E-state index is 0.569. The van der Waals surface area contributed by atoms with Crippen molar-refractivity contribution in [3.05, 3.63) is 59.2 Å². The predicted octanol–water partition coefficient (Wildman–Crippen LogP) is 2.75. The minimum Gasteiger partial charge on any atom is -0.493 e. The molecule has 0 aliphatic carbocycles. The lowest BCUT2D eigenvalue weighted by atomic mass is 10.0. The third-order valence-corrected chi connectivity index (χ3v) is 3.08. The molecule has 0 fully saturated rings. The molecule has 0 unspecified atom stereocenters. The fraction of sp³-hybridized carbons (Fsp3) is 0.250. The van der Waals surface area contributed by atoms with Crippen molar-refractivity contribution in [3.63, 3.8) is 0 Å². The molecule has 19 heavy (non-hydrogen) atoms. The van der Waals surface area contributed by atoms with Crippen molar-refractivity contribution in [3.8, 4) is 11.5 Å². The van der Waals surface area contributed by atoms with Crippen molar-refractivity contribution in [2.75, 3.05) is 14.2 Å². The Morgan fingerprint density at radius 1 is 0.842 bits per heavy atom. The molecular formula is C16H19NO2. The molecule has 0 saturated carbocycles. The maximum absolute atomic E-state index is 5.66. The van der Waals surface area contributed by atoms with E-state index in [2.05, 4.69) is 18.2 Å². The van der Waals surface area contributed by atoms with Crippen LogP contribution in [0, 0.1) is 0 Å². The molecule has 100 valence electrons. The number of methoxy groups -OCH3 is 2. The molecule has 0 saturated heterocycles. The van der Waals surface area contributed by atoms with Crippen LogP contribution in [-0.2, 0) is 13.0 Å². The fourth-order valence-corrected chi connectivity index (χ4v) is 2.09. The Hall–Kier alpha value is -2.00. The van der Waals surface area contributed by atoms with Crippen LogP contribution in [0.25, 0.3) is 0 Å². The zero-order valence-corrected chi connectivity index (χ0v) is 11.3. The zero-order valence-electron chi connectivity index (χ0n) is 11.3. The van der Waals surface area contributed by atoms with Gasteiger partial charge in [0.15, 0.2) is 11.5 Å². The molecule has 0 bridgehead atoms. The lowest BCUT2D eigenvalue weighted by Gasteiger charge is -2.10. The molecule has 0 aliphatic rings. The predicted molar refractivity (Wildman–Crippen MR) is 76.7 cm³/mol. The monoisotopic (exact) mass is 257 g/mol. The minimum absolute atomic E-state index is 0.569. The summed E-state index contributed by atoms with van der Waals surface area (Å²) in [5, 5.41) is 0. The summed E-state index contributed by atoms with van der Waals surface area (Å²) in [5.41, 5.74) is 9.24. The van der Waals surface area contributed by atoms with E-state index in [0.29, 0.717) is 6.54 Å². The standard InChI is InChI=1S/C16H19NO2/c1-18-15-7-6-13(10-16(15)19-2)8-12-4-3-5-14(9-12)11-17/h3-7,9-10H,8,11,17H2,1-2H3. The smallest absolute Gasteiger partial charge is 0.160 e. The fourth-order valence-electron chi connectivity index (χ4n) is 2.09. The molecule has 2 aromatic carbocycles. The first-order valence-electron chi connectivity index (χ1n) is 6.25. The molecule has 0 aliphatic heterocycles. The second kappa shape index (κ2) is 6.25. The highest BCUT2D eigenvalue weighted by Crippen LogP contribution is 2.28. The molecule has 2 N–H and O–H groups in total. The molecule has 0 aromatic heterocycles. The Morgan fingerprint density at radius 2 is 1.53 bits per heavy atom. The van der Waals surface area contributed by atoms with Crippen LogP contribution in [0.4, 0.5) is 0 Å². The summed E-state index contributed by atoms with van der Waals surface area (Å²) in [6.07, 6.45) is 0.855. The number of ether oxygens (including phenoxy) is 2. The van der Waals surface area contributed by atoms with Gasteiger partial charge in [-0.15, -0.1) is 0 Å². The molecule has 3 nitrogen and oxygen atoms in total. The second-order valence-electron chi connectivity index (χ2n) is 4.39. The first kappa shape index (κ1) is 13.4. The molecule has 0 atom stereocenters. The number of hydrogen-bond acceptors (Lipinski definition) is 3. The molecule has 0 heterocycles. The Kier molecular flexibility index (Phi) is 4.42. The Balaban J connectivity index is 2.22. The van der Waals surface area contributed by atoms with Gasteiger partial charge in [-0.2, -0.15) is 0 Å². The second-order valence-corrected chi connectivity index (χ2v) is 4.39. The summed E-state index contributed by atoms with van der Waals surface area (Å²) >= 11 is 0. The Morgan fingerprint density at radius 3 is 2.21 bits per heavy atom. The molecule has 2 aromatic rings. The highest BCUT2D eigenvalue weighted by Gasteiger charge is 2.05. The van der Waals surface area contributed by atoms with Gasteiger partial charge < -0.3 is 15.2 Å². The summed E-state index contributed by atoms with van der Waals surface area (Å²) < 4.78 is 10.6. The van der Waals surface area contributed by atoms with Crippen molar-refractivity contribution in [1.29, 1.82) is 0 Å².